The maximum atomic E-state index is 13.0. The summed E-state index contributed by atoms with van der Waals surface area (Å²) >= 11 is 0. The van der Waals surface area contributed by atoms with E-state index in [1.165, 1.54) is 0 Å². The summed E-state index contributed by atoms with van der Waals surface area (Å²) in [5, 5.41) is 0. The minimum atomic E-state index is -0.805. The number of benzene rings is 2. The van der Waals surface area contributed by atoms with Gasteiger partial charge in [-0.05, 0) is 26.7 Å². The van der Waals surface area contributed by atoms with Crippen LogP contribution in [-0.4, -0.2) is 22.6 Å². The van der Waals surface area contributed by atoms with E-state index in [1.807, 2.05) is 41.3 Å². The van der Waals surface area contributed by atoms with Gasteiger partial charge < -0.3 is 4.74 Å². The molecule has 0 radical (unpaired) electrons. The smallest absolute Gasteiger partial charge is 0.411 e. The molecule has 132 valence electrons. The van der Waals surface area contributed by atoms with Crippen molar-refractivity contribution in [3.05, 3.63) is 71.8 Å². The Morgan fingerprint density at radius 2 is 1.36 bits per heavy atom. The SMILES string of the molecule is CC(C)[C@@H]1N(C(C)(C)C)C(=O)OC1(c1ccccc1)c1ccccc1. The Morgan fingerprint density at radius 3 is 1.72 bits per heavy atom. The molecule has 0 spiro atoms. The molecule has 0 aromatic heterocycles. The molecule has 0 bridgehead atoms. The molecule has 0 aliphatic carbocycles. The normalized spacial score (nSPS) is 20.0. The number of cyclic esters (lactones) is 1. The molecule has 3 nitrogen and oxygen atoms in total. The zero-order chi connectivity index (χ0) is 18.2. The predicted molar refractivity (Wildman–Crippen MR) is 100 cm³/mol. The van der Waals surface area contributed by atoms with Crippen LogP contribution in [0.5, 0.6) is 0 Å². The van der Waals surface area contributed by atoms with Gasteiger partial charge in [0.2, 0.25) is 0 Å². The number of carbonyl (C=O) groups excluding carboxylic acids is 1. The van der Waals surface area contributed by atoms with E-state index in [4.69, 9.17) is 4.74 Å². The summed E-state index contributed by atoms with van der Waals surface area (Å²) < 4.78 is 6.22. The van der Waals surface area contributed by atoms with Gasteiger partial charge in [0.25, 0.3) is 0 Å². The number of nitrogens with zero attached hydrogens (tertiary/aromatic N) is 1. The Bertz CT molecular complexity index is 692. The fourth-order valence-corrected chi connectivity index (χ4v) is 4.00. The van der Waals surface area contributed by atoms with Gasteiger partial charge in [-0.25, -0.2) is 4.79 Å². The summed E-state index contributed by atoms with van der Waals surface area (Å²) in [5.74, 6) is 0.228. The lowest BCUT2D eigenvalue weighted by Crippen LogP contribution is -2.54. The molecule has 3 rings (SSSR count). The molecule has 1 aliphatic rings. The standard InChI is InChI=1S/C22H27NO2/c1-16(2)19-22(17-12-8-6-9-13-17,18-14-10-7-11-15-18)25-20(24)23(19)21(3,4)5/h6-16,19H,1-5H3/t19-/m0/s1. The molecule has 0 saturated carbocycles. The van der Waals surface area contributed by atoms with Crippen LogP contribution >= 0.6 is 0 Å². The summed E-state index contributed by atoms with van der Waals surface area (Å²) in [6.07, 6.45) is -0.251. The Kier molecular flexibility index (Phi) is 4.36. The van der Waals surface area contributed by atoms with Crippen molar-refractivity contribution in [2.24, 2.45) is 5.92 Å². The highest BCUT2D eigenvalue weighted by molar-refractivity contribution is 5.74. The lowest BCUT2D eigenvalue weighted by molar-refractivity contribution is 0.0478. The quantitative estimate of drug-likeness (QED) is 0.770. The molecule has 1 atom stereocenters. The molecule has 25 heavy (non-hydrogen) atoms. The third kappa shape index (κ3) is 2.82. The first-order valence-electron chi connectivity index (χ1n) is 8.92. The van der Waals surface area contributed by atoms with Gasteiger partial charge in [-0.3, -0.25) is 4.90 Å². The molecular weight excluding hydrogens is 310 g/mol. The Morgan fingerprint density at radius 1 is 0.920 bits per heavy atom. The average molecular weight is 337 g/mol. The Balaban J connectivity index is 2.29. The van der Waals surface area contributed by atoms with E-state index in [0.717, 1.165) is 11.1 Å². The fourth-order valence-electron chi connectivity index (χ4n) is 4.00. The Labute approximate surface area is 150 Å². The van der Waals surface area contributed by atoms with Gasteiger partial charge in [0.05, 0.1) is 6.04 Å². The van der Waals surface area contributed by atoms with Crippen LogP contribution in [0, 0.1) is 5.92 Å². The number of rotatable bonds is 3. The molecule has 1 fully saturated rings. The van der Waals surface area contributed by atoms with E-state index in [-0.39, 0.29) is 23.6 Å². The van der Waals surface area contributed by atoms with Crippen LogP contribution in [0.1, 0.15) is 45.7 Å². The lowest BCUT2D eigenvalue weighted by Gasteiger charge is -2.42. The summed E-state index contributed by atoms with van der Waals surface area (Å²) in [4.78, 5) is 14.9. The van der Waals surface area contributed by atoms with Gasteiger partial charge in [-0.1, -0.05) is 74.5 Å². The topological polar surface area (TPSA) is 29.5 Å². The van der Waals surface area contributed by atoms with Crippen molar-refractivity contribution in [2.75, 3.05) is 0 Å². The van der Waals surface area contributed by atoms with Crippen LogP contribution < -0.4 is 0 Å². The lowest BCUT2D eigenvalue weighted by atomic mass is 9.75. The van der Waals surface area contributed by atoms with Crippen molar-refractivity contribution in [3.63, 3.8) is 0 Å². The van der Waals surface area contributed by atoms with Crippen molar-refractivity contribution in [3.8, 4) is 0 Å². The molecule has 1 heterocycles. The van der Waals surface area contributed by atoms with E-state index in [1.54, 1.807) is 0 Å². The van der Waals surface area contributed by atoms with Crippen LogP contribution in [0.3, 0.4) is 0 Å². The first-order valence-corrected chi connectivity index (χ1v) is 8.92. The van der Waals surface area contributed by atoms with Crippen LogP contribution in [0.15, 0.2) is 60.7 Å². The number of ether oxygens (including phenoxy) is 1. The van der Waals surface area contributed by atoms with E-state index in [9.17, 15) is 4.79 Å². The summed E-state index contributed by atoms with van der Waals surface area (Å²) in [7, 11) is 0. The average Bonchev–Trinajstić information content (AvgIpc) is 2.91. The third-order valence-electron chi connectivity index (χ3n) is 4.90. The minimum Gasteiger partial charge on any atom is -0.431 e. The molecule has 2 aromatic carbocycles. The fraction of sp³-hybridized carbons (Fsp3) is 0.409. The molecule has 1 saturated heterocycles. The number of hydrogen-bond acceptors (Lipinski definition) is 2. The van der Waals surface area contributed by atoms with Gasteiger partial charge in [-0.15, -0.1) is 0 Å². The van der Waals surface area contributed by atoms with Crippen molar-refractivity contribution in [1.82, 2.24) is 4.90 Å². The monoisotopic (exact) mass is 337 g/mol. The van der Waals surface area contributed by atoms with Crippen LogP contribution in [0.4, 0.5) is 4.79 Å². The number of hydrogen-bond donors (Lipinski definition) is 0. The van der Waals surface area contributed by atoms with Gasteiger partial charge >= 0.3 is 6.09 Å². The zero-order valence-electron chi connectivity index (χ0n) is 15.7. The second kappa shape index (κ2) is 6.21. The Hall–Kier alpha value is -2.29. The first-order chi connectivity index (χ1) is 11.8. The molecule has 0 unspecified atom stereocenters. The summed E-state index contributed by atoms with van der Waals surface area (Å²) in [6, 6.07) is 20.1. The largest absolute Gasteiger partial charge is 0.431 e. The van der Waals surface area contributed by atoms with Crippen molar-refractivity contribution in [2.45, 2.75) is 51.8 Å². The molecule has 3 heteroatoms. The molecule has 1 amide bonds. The highest BCUT2D eigenvalue weighted by atomic mass is 16.6. The van der Waals surface area contributed by atoms with Crippen LogP contribution in [0.2, 0.25) is 0 Å². The highest BCUT2D eigenvalue weighted by Crippen LogP contribution is 2.49. The van der Waals surface area contributed by atoms with Crippen molar-refractivity contribution >= 4 is 6.09 Å². The van der Waals surface area contributed by atoms with Crippen molar-refractivity contribution < 1.29 is 9.53 Å². The van der Waals surface area contributed by atoms with Crippen molar-refractivity contribution in [1.29, 1.82) is 0 Å². The first kappa shape index (κ1) is 17.5. The third-order valence-corrected chi connectivity index (χ3v) is 4.90. The molecule has 1 aliphatic heterocycles. The zero-order valence-corrected chi connectivity index (χ0v) is 15.7. The predicted octanol–water partition coefficient (Wildman–Crippen LogP) is 5.21. The van der Waals surface area contributed by atoms with E-state index in [2.05, 4.69) is 58.9 Å². The maximum Gasteiger partial charge on any atom is 0.411 e. The van der Waals surface area contributed by atoms with Gasteiger partial charge in [-0.2, -0.15) is 0 Å². The molecule has 0 N–H and O–H groups in total. The van der Waals surface area contributed by atoms with E-state index >= 15 is 0 Å². The summed E-state index contributed by atoms with van der Waals surface area (Å²) in [5.41, 5.74) is 0.901. The number of carbonyl (C=O) groups is 1. The van der Waals surface area contributed by atoms with Crippen LogP contribution in [-0.2, 0) is 10.3 Å². The van der Waals surface area contributed by atoms with Gasteiger partial charge in [0.15, 0.2) is 5.60 Å². The van der Waals surface area contributed by atoms with Crippen LogP contribution in [0.25, 0.3) is 0 Å². The second-order valence-electron chi connectivity index (χ2n) is 8.07. The van der Waals surface area contributed by atoms with E-state index in [0.29, 0.717) is 0 Å². The summed E-state index contributed by atoms with van der Waals surface area (Å²) in [6.45, 7) is 10.5. The van der Waals surface area contributed by atoms with Gasteiger partial charge in [0, 0.05) is 16.7 Å². The second-order valence-corrected chi connectivity index (χ2v) is 8.07. The van der Waals surface area contributed by atoms with E-state index < -0.39 is 5.60 Å². The van der Waals surface area contributed by atoms with Gasteiger partial charge in [0.1, 0.15) is 0 Å². The number of amides is 1. The maximum absolute atomic E-state index is 13.0. The molecule has 2 aromatic rings. The minimum absolute atomic E-state index is 0.0928. The highest BCUT2D eigenvalue weighted by Gasteiger charge is 2.59. The molecular formula is C22H27NO2.